The third-order valence-corrected chi connectivity index (χ3v) is 11.5. The summed E-state index contributed by atoms with van der Waals surface area (Å²) in [6, 6.07) is 52.4. The fourth-order valence-corrected chi connectivity index (χ4v) is 8.84. The molecular weight excluding hydrogens is 677 g/mol. The number of para-hydroxylation sites is 3. The minimum Gasteiger partial charge on any atom is -0.309 e. The lowest BCUT2D eigenvalue weighted by molar-refractivity contribution is 1.09. The SMILES string of the molecule is C=C/C=C\c1c(C)sc2ccc(-c3ccc4c(c3)c3ccccc3n4-c3ccc(-n4c(-c5ccc(-c6ccncc6)cc5)nc5ccccc54)cc3)cc12. The number of pyridine rings is 1. The molecule has 0 bridgehead atoms. The molecule has 0 aliphatic rings. The van der Waals surface area contributed by atoms with Crippen molar-refractivity contribution in [1.29, 1.82) is 0 Å². The van der Waals surface area contributed by atoms with Gasteiger partial charge in [-0.2, -0.15) is 0 Å². The van der Waals surface area contributed by atoms with Gasteiger partial charge < -0.3 is 4.57 Å². The Bertz CT molecular complexity index is 3050. The van der Waals surface area contributed by atoms with Crippen LogP contribution in [-0.2, 0) is 0 Å². The number of aromatic nitrogens is 4. The maximum absolute atomic E-state index is 5.13. The van der Waals surface area contributed by atoms with Gasteiger partial charge in [-0.25, -0.2) is 4.98 Å². The van der Waals surface area contributed by atoms with Crippen molar-refractivity contribution in [1.82, 2.24) is 19.1 Å². The van der Waals surface area contributed by atoms with E-state index in [1.807, 2.05) is 54.1 Å². The summed E-state index contributed by atoms with van der Waals surface area (Å²) in [4.78, 5) is 10.6. The predicted molar refractivity (Wildman–Crippen MR) is 229 cm³/mol. The van der Waals surface area contributed by atoms with Crippen LogP contribution in [0.3, 0.4) is 0 Å². The van der Waals surface area contributed by atoms with E-state index in [0.717, 1.165) is 44.9 Å². The van der Waals surface area contributed by atoms with Crippen LogP contribution in [-0.4, -0.2) is 19.1 Å². The smallest absolute Gasteiger partial charge is 0.145 e. The van der Waals surface area contributed by atoms with Crippen molar-refractivity contribution in [2.75, 3.05) is 0 Å². The molecule has 0 N–H and O–H groups in total. The van der Waals surface area contributed by atoms with Crippen LogP contribution in [0.5, 0.6) is 0 Å². The Labute approximate surface area is 317 Å². The summed E-state index contributed by atoms with van der Waals surface area (Å²) in [7, 11) is 0. The Morgan fingerprint density at radius 2 is 1.17 bits per heavy atom. The van der Waals surface area contributed by atoms with Crippen LogP contribution in [0.15, 0.2) is 177 Å². The van der Waals surface area contributed by atoms with Crippen molar-refractivity contribution >= 4 is 60.3 Å². The number of allylic oxidation sites excluding steroid dienone is 2. The first-order valence-corrected chi connectivity index (χ1v) is 18.9. The first-order valence-electron chi connectivity index (χ1n) is 18.1. The Kier molecular flexibility index (Phi) is 7.67. The van der Waals surface area contributed by atoms with Gasteiger partial charge in [0.25, 0.3) is 0 Å². The summed E-state index contributed by atoms with van der Waals surface area (Å²) in [5, 5.41) is 3.75. The molecule has 0 saturated heterocycles. The number of hydrogen-bond donors (Lipinski definition) is 0. The van der Waals surface area contributed by atoms with Gasteiger partial charge in [0.15, 0.2) is 0 Å². The zero-order valence-electron chi connectivity index (χ0n) is 29.6. The highest BCUT2D eigenvalue weighted by Crippen LogP contribution is 2.39. The van der Waals surface area contributed by atoms with Crippen LogP contribution in [0.1, 0.15) is 10.4 Å². The van der Waals surface area contributed by atoms with Crippen LogP contribution in [0.4, 0.5) is 0 Å². The van der Waals surface area contributed by atoms with Crippen LogP contribution in [0.2, 0.25) is 0 Å². The highest BCUT2D eigenvalue weighted by atomic mass is 32.1. The molecule has 0 saturated carbocycles. The maximum atomic E-state index is 5.13. The van der Waals surface area contributed by atoms with Crippen LogP contribution < -0.4 is 0 Å². The second-order valence-electron chi connectivity index (χ2n) is 13.6. The molecule has 0 fully saturated rings. The van der Waals surface area contributed by atoms with E-state index < -0.39 is 0 Å². The molecule has 0 atom stereocenters. The van der Waals surface area contributed by atoms with Gasteiger partial charge in [-0.3, -0.25) is 9.55 Å². The number of hydrogen-bond acceptors (Lipinski definition) is 3. The van der Waals surface area contributed by atoms with Gasteiger partial charge in [0.2, 0.25) is 0 Å². The van der Waals surface area contributed by atoms with Gasteiger partial charge >= 0.3 is 0 Å². The standard InChI is InChI=1S/C49H34N4S/c1-3-4-9-40-32(2)54-48-25-19-37(31-43(40)48)36-18-24-46-42(30-36)41-10-5-7-12-45(41)52(46)38-20-22-39(23-21-38)53-47-13-8-6-11-44(47)51-49(53)35-16-14-33(15-17-35)34-26-28-50-29-27-34/h3-31H,1H2,2H3/b9-4-. The summed E-state index contributed by atoms with van der Waals surface area (Å²) in [5.74, 6) is 0.911. The first kappa shape index (κ1) is 31.9. The number of thiophene rings is 1. The molecule has 54 heavy (non-hydrogen) atoms. The molecule has 4 nitrogen and oxygen atoms in total. The normalized spacial score (nSPS) is 11.8. The number of benzene rings is 6. The third-order valence-electron chi connectivity index (χ3n) is 10.4. The van der Waals surface area contributed by atoms with E-state index >= 15 is 0 Å². The van der Waals surface area contributed by atoms with Crippen molar-refractivity contribution in [3.8, 4) is 45.0 Å². The molecule has 5 heteroatoms. The van der Waals surface area contributed by atoms with Crippen molar-refractivity contribution in [2.45, 2.75) is 6.92 Å². The van der Waals surface area contributed by atoms with Gasteiger partial charge in [0.05, 0.1) is 22.1 Å². The van der Waals surface area contributed by atoms with Gasteiger partial charge in [0.1, 0.15) is 5.82 Å². The van der Waals surface area contributed by atoms with E-state index in [2.05, 4.69) is 161 Å². The Morgan fingerprint density at radius 1 is 0.556 bits per heavy atom. The lowest BCUT2D eigenvalue weighted by Gasteiger charge is -2.13. The van der Waals surface area contributed by atoms with E-state index in [-0.39, 0.29) is 0 Å². The first-order chi connectivity index (χ1) is 26.6. The summed E-state index contributed by atoms with van der Waals surface area (Å²) >= 11 is 1.84. The fraction of sp³-hybridized carbons (Fsp3) is 0.0204. The lowest BCUT2D eigenvalue weighted by atomic mass is 10.00. The van der Waals surface area contributed by atoms with Crippen LogP contribution in [0.25, 0.3) is 94.0 Å². The fourth-order valence-electron chi connectivity index (χ4n) is 7.81. The molecule has 4 heterocycles. The van der Waals surface area contributed by atoms with Crippen molar-refractivity contribution in [3.05, 3.63) is 187 Å². The Balaban J connectivity index is 1.06. The Morgan fingerprint density at radius 3 is 1.94 bits per heavy atom. The average Bonchev–Trinajstić information content (AvgIpc) is 3.88. The number of imidazole rings is 1. The van der Waals surface area contributed by atoms with Gasteiger partial charge in [0, 0.05) is 55.1 Å². The minimum atomic E-state index is 0.911. The van der Waals surface area contributed by atoms with Gasteiger partial charge in [-0.1, -0.05) is 91.5 Å². The molecule has 10 rings (SSSR count). The predicted octanol–water partition coefficient (Wildman–Crippen LogP) is 13.2. The zero-order valence-corrected chi connectivity index (χ0v) is 30.5. The van der Waals surface area contributed by atoms with Crippen molar-refractivity contribution in [3.63, 3.8) is 0 Å². The quantitative estimate of drug-likeness (QED) is 0.154. The van der Waals surface area contributed by atoms with E-state index in [1.54, 1.807) is 0 Å². The van der Waals surface area contributed by atoms with Crippen molar-refractivity contribution in [2.24, 2.45) is 0 Å². The summed E-state index contributed by atoms with van der Waals surface area (Å²) < 4.78 is 5.95. The van der Waals surface area contributed by atoms with E-state index in [1.165, 1.54) is 53.5 Å². The van der Waals surface area contributed by atoms with Gasteiger partial charge in [-0.05, 0) is 114 Å². The molecule has 4 aromatic heterocycles. The molecule has 0 spiro atoms. The highest BCUT2D eigenvalue weighted by Gasteiger charge is 2.17. The molecule has 256 valence electrons. The second-order valence-corrected chi connectivity index (χ2v) is 14.8. The van der Waals surface area contributed by atoms with Crippen LogP contribution in [0, 0.1) is 6.92 Å². The zero-order chi connectivity index (χ0) is 36.2. The van der Waals surface area contributed by atoms with E-state index in [4.69, 9.17) is 4.98 Å². The molecule has 0 amide bonds. The molecule has 6 aromatic carbocycles. The lowest BCUT2D eigenvalue weighted by Crippen LogP contribution is -1.99. The number of nitrogens with zero attached hydrogens (tertiary/aromatic N) is 4. The monoisotopic (exact) mass is 710 g/mol. The maximum Gasteiger partial charge on any atom is 0.145 e. The largest absolute Gasteiger partial charge is 0.309 e. The molecule has 0 radical (unpaired) electrons. The van der Waals surface area contributed by atoms with E-state index in [0.29, 0.717) is 0 Å². The van der Waals surface area contributed by atoms with Crippen molar-refractivity contribution < 1.29 is 0 Å². The summed E-state index contributed by atoms with van der Waals surface area (Å²) in [5.41, 5.74) is 13.6. The molecular formula is C49H34N4S. The molecule has 0 aliphatic carbocycles. The second kappa shape index (κ2) is 13.0. The van der Waals surface area contributed by atoms with Gasteiger partial charge in [-0.15, -0.1) is 11.3 Å². The summed E-state index contributed by atoms with van der Waals surface area (Å²) in [6.45, 7) is 6.07. The Hall–Kier alpha value is -6.82. The number of rotatable bonds is 7. The topological polar surface area (TPSA) is 35.6 Å². The molecule has 0 aliphatic heterocycles. The highest BCUT2D eigenvalue weighted by molar-refractivity contribution is 7.19. The summed E-state index contributed by atoms with van der Waals surface area (Å²) in [6.07, 6.45) is 9.69. The molecule has 10 aromatic rings. The minimum absolute atomic E-state index is 0.911. The van der Waals surface area contributed by atoms with E-state index in [9.17, 15) is 0 Å². The van der Waals surface area contributed by atoms with Crippen LogP contribution >= 0.6 is 11.3 Å². The third kappa shape index (κ3) is 5.28. The average molecular weight is 711 g/mol. The molecule has 0 unspecified atom stereocenters. The number of aryl methyl sites for hydroxylation is 1. The number of fused-ring (bicyclic) bond motifs is 5.